The van der Waals surface area contributed by atoms with E-state index in [0.29, 0.717) is 23.9 Å². The van der Waals surface area contributed by atoms with Crippen molar-refractivity contribution < 1.29 is 23.7 Å². The van der Waals surface area contributed by atoms with E-state index in [2.05, 4.69) is 4.98 Å². The number of hydrogen-bond acceptors (Lipinski definition) is 6. The quantitative estimate of drug-likeness (QED) is 0.303. The molecule has 0 saturated heterocycles. The number of aryl methyl sites for hydroxylation is 1. The molecule has 0 aliphatic carbocycles. The molecule has 1 atom stereocenters. The Labute approximate surface area is 199 Å². The molecule has 0 aliphatic rings. The summed E-state index contributed by atoms with van der Waals surface area (Å²) in [4.78, 5) is 16.4. The number of hydrogen-bond donors (Lipinski definition) is 0. The van der Waals surface area contributed by atoms with Crippen molar-refractivity contribution in [1.29, 1.82) is 0 Å². The van der Waals surface area contributed by atoms with E-state index in [9.17, 15) is 4.79 Å². The third-order valence-corrected chi connectivity index (χ3v) is 5.36. The molecule has 6 heteroatoms. The van der Waals surface area contributed by atoms with Crippen molar-refractivity contribution in [3.63, 3.8) is 0 Å². The van der Waals surface area contributed by atoms with Crippen LogP contribution >= 0.6 is 0 Å². The van der Waals surface area contributed by atoms with Gasteiger partial charge >= 0.3 is 5.97 Å². The second-order valence-corrected chi connectivity index (χ2v) is 7.89. The molecule has 0 aliphatic heterocycles. The summed E-state index contributed by atoms with van der Waals surface area (Å²) in [6, 6.07) is 25.3. The number of fused-ring (bicyclic) bond motifs is 1. The van der Waals surface area contributed by atoms with Gasteiger partial charge in [-0.05, 0) is 43.7 Å². The van der Waals surface area contributed by atoms with E-state index < -0.39 is 12.1 Å². The zero-order valence-corrected chi connectivity index (χ0v) is 19.5. The number of methoxy groups -OCH3 is 1. The summed E-state index contributed by atoms with van der Waals surface area (Å²) in [5, 5.41) is 1.10. The number of carbonyl (C=O) groups excluding carboxylic acids is 1. The SMILES string of the molecule is COC(=O)C(C)Oc1c(C)cccc1COc1cccc(OCc2ccc3ccccc3n2)c1. The van der Waals surface area contributed by atoms with Gasteiger partial charge in [-0.25, -0.2) is 9.78 Å². The monoisotopic (exact) mass is 457 g/mol. The highest BCUT2D eigenvalue weighted by Gasteiger charge is 2.18. The molecule has 4 aromatic rings. The minimum absolute atomic E-state index is 0.278. The maximum Gasteiger partial charge on any atom is 0.346 e. The highest BCUT2D eigenvalue weighted by Crippen LogP contribution is 2.27. The number of rotatable bonds is 9. The standard InChI is InChI=1S/C28H27NO5/c1-19-8-6-10-22(27(19)34-20(2)28(30)31-3)17-32-24-11-7-12-25(16-24)33-18-23-15-14-21-9-4-5-13-26(21)29-23/h4-16,20H,17-18H2,1-3H3. The lowest BCUT2D eigenvalue weighted by Gasteiger charge is -2.18. The fourth-order valence-electron chi connectivity index (χ4n) is 3.55. The van der Waals surface area contributed by atoms with E-state index in [0.717, 1.165) is 27.7 Å². The Morgan fingerprint density at radius 1 is 0.882 bits per heavy atom. The van der Waals surface area contributed by atoms with Gasteiger partial charge in [-0.3, -0.25) is 0 Å². The predicted octanol–water partition coefficient (Wildman–Crippen LogP) is 5.64. The van der Waals surface area contributed by atoms with Crippen molar-refractivity contribution in [2.24, 2.45) is 0 Å². The molecule has 6 nitrogen and oxygen atoms in total. The van der Waals surface area contributed by atoms with Crippen LogP contribution < -0.4 is 14.2 Å². The Morgan fingerprint density at radius 3 is 2.41 bits per heavy atom. The number of para-hydroxylation sites is 2. The fourth-order valence-corrected chi connectivity index (χ4v) is 3.55. The molecule has 174 valence electrons. The lowest BCUT2D eigenvalue weighted by molar-refractivity contribution is -0.147. The third-order valence-electron chi connectivity index (χ3n) is 5.36. The molecule has 0 N–H and O–H groups in total. The molecule has 0 fully saturated rings. The predicted molar refractivity (Wildman–Crippen MR) is 130 cm³/mol. The molecule has 1 heterocycles. The maximum absolute atomic E-state index is 11.8. The van der Waals surface area contributed by atoms with Gasteiger partial charge in [0.25, 0.3) is 0 Å². The van der Waals surface area contributed by atoms with E-state index >= 15 is 0 Å². The molecule has 4 rings (SSSR count). The number of nitrogens with zero attached hydrogens (tertiary/aromatic N) is 1. The highest BCUT2D eigenvalue weighted by molar-refractivity contribution is 5.78. The first-order chi connectivity index (χ1) is 16.5. The topological polar surface area (TPSA) is 66.9 Å². The number of pyridine rings is 1. The molecule has 1 unspecified atom stereocenters. The second kappa shape index (κ2) is 10.7. The lowest BCUT2D eigenvalue weighted by atomic mass is 10.1. The number of aromatic nitrogens is 1. The summed E-state index contributed by atoms with van der Waals surface area (Å²) in [5.41, 5.74) is 3.55. The van der Waals surface area contributed by atoms with E-state index in [1.165, 1.54) is 7.11 Å². The van der Waals surface area contributed by atoms with Crippen LogP contribution in [0.3, 0.4) is 0 Å². The van der Waals surface area contributed by atoms with Crippen LogP contribution in [0.1, 0.15) is 23.7 Å². The molecule has 0 bridgehead atoms. The Balaban J connectivity index is 1.41. The molecule has 3 aromatic carbocycles. The van der Waals surface area contributed by atoms with E-state index in [4.69, 9.17) is 18.9 Å². The minimum atomic E-state index is -0.717. The maximum atomic E-state index is 11.8. The second-order valence-electron chi connectivity index (χ2n) is 7.89. The summed E-state index contributed by atoms with van der Waals surface area (Å²) in [6.45, 7) is 4.22. The first-order valence-corrected chi connectivity index (χ1v) is 11.1. The lowest BCUT2D eigenvalue weighted by Crippen LogP contribution is -2.25. The van der Waals surface area contributed by atoms with Crippen molar-refractivity contribution >= 4 is 16.9 Å². The molecule has 1 aromatic heterocycles. The fraction of sp³-hybridized carbons (Fsp3) is 0.214. The van der Waals surface area contributed by atoms with Gasteiger partial charge in [-0.15, -0.1) is 0 Å². The van der Waals surface area contributed by atoms with Crippen LogP contribution in [0.15, 0.2) is 78.9 Å². The van der Waals surface area contributed by atoms with Gasteiger partial charge in [-0.2, -0.15) is 0 Å². The van der Waals surface area contributed by atoms with Crippen LogP contribution in [-0.2, 0) is 22.7 Å². The first kappa shape index (κ1) is 23.1. The van der Waals surface area contributed by atoms with Crippen LogP contribution in [0.4, 0.5) is 0 Å². The van der Waals surface area contributed by atoms with Crippen LogP contribution in [0.25, 0.3) is 10.9 Å². The Morgan fingerprint density at radius 2 is 1.62 bits per heavy atom. The number of benzene rings is 3. The molecule has 34 heavy (non-hydrogen) atoms. The van der Waals surface area contributed by atoms with Crippen molar-refractivity contribution in [2.45, 2.75) is 33.2 Å². The van der Waals surface area contributed by atoms with Gasteiger partial charge in [-0.1, -0.05) is 48.5 Å². The van der Waals surface area contributed by atoms with Crippen molar-refractivity contribution in [3.8, 4) is 17.2 Å². The number of ether oxygens (including phenoxy) is 4. The van der Waals surface area contributed by atoms with Crippen LogP contribution in [-0.4, -0.2) is 24.2 Å². The molecular weight excluding hydrogens is 430 g/mol. The minimum Gasteiger partial charge on any atom is -0.489 e. The molecule has 0 saturated carbocycles. The largest absolute Gasteiger partial charge is 0.489 e. The summed E-state index contributed by atoms with van der Waals surface area (Å²) < 4.78 is 22.6. The van der Waals surface area contributed by atoms with Gasteiger partial charge in [0.2, 0.25) is 0 Å². The smallest absolute Gasteiger partial charge is 0.346 e. The molecule has 0 radical (unpaired) electrons. The first-order valence-electron chi connectivity index (χ1n) is 11.1. The molecule has 0 amide bonds. The van der Waals surface area contributed by atoms with Gasteiger partial charge in [0, 0.05) is 17.0 Å². The van der Waals surface area contributed by atoms with Crippen molar-refractivity contribution in [2.75, 3.05) is 7.11 Å². The highest BCUT2D eigenvalue weighted by atomic mass is 16.6. The number of carbonyl (C=O) groups is 1. The number of esters is 1. The average Bonchev–Trinajstić information content (AvgIpc) is 2.87. The zero-order chi connectivity index (χ0) is 23.9. The zero-order valence-electron chi connectivity index (χ0n) is 19.5. The van der Waals surface area contributed by atoms with Crippen LogP contribution in [0.2, 0.25) is 0 Å². The molecule has 0 spiro atoms. The molecular formula is C28H27NO5. The van der Waals surface area contributed by atoms with Gasteiger partial charge < -0.3 is 18.9 Å². The van der Waals surface area contributed by atoms with Crippen LogP contribution in [0, 0.1) is 6.92 Å². The van der Waals surface area contributed by atoms with E-state index in [1.807, 2.05) is 85.8 Å². The van der Waals surface area contributed by atoms with E-state index in [-0.39, 0.29) is 6.61 Å². The Kier molecular flexibility index (Phi) is 7.28. The Hall–Kier alpha value is -4.06. The summed E-state index contributed by atoms with van der Waals surface area (Å²) in [7, 11) is 1.34. The third kappa shape index (κ3) is 5.64. The summed E-state index contributed by atoms with van der Waals surface area (Å²) >= 11 is 0. The average molecular weight is 458 g/mol. The normalized spacial score (nSPS) is 11.6. The summed E-state index contributed by atoms with van der Waals surface area (Å²) in [5.74, 6) is 1.54. The summed E-state index contributed by atoms with van der Waals surface area (Å²) in [6.07, 6.45) is -0.717. The van der Waals surface area contributed by atoms with E-state index in [1.54, 1.807) is 6.92 Å². The van der Waals surface area contributed by atoms with Gasteiger partial charge in [0.05, 0.1) is 18.3 Å². The van der Waals surface area contributed by atoms with Crippen LogP contribution in [0.5, 0.6) is 17.2 Å². The van der Waals surface area contributed by atoms with Gasteiger partial charge in [0.1, 0.15) is 30.5 Å². The van der Waals surface area contributed by atoms with Gasteiger partial charge in [0.15, 0.2) is 6.10 Å². The van der Waals surface area contributed by atoms with Crippen molar-refractivity contribution in [3.05, 3.63) is 95.7 Å². The van der Waals surface area contributed by atoms with Crippen molar-refractivity contribution in [1.82, 2.24) is 4.98 Å². The Bertz CT molecular complexity index is 1290.